The van der Waals surface area contributed by atoms with Crippen molar-refractivity contribution >= 4 is 27.8 Å². The molecule has 0 radical (unpaired) electrons. The number of ether oxygens (including phenoxy) is 1. The van der Waals surface area contributed by atoms with Crippen molar-refractivity contribution in [2.24, 2.45) is 0 Å². The number of carbonyl (C=O) groups excluding carboxylic acids is 1. The number of hydrogen-bond donors (Lipinski definition) is 2. The van der Waals surface area contributed by atoms with Gasteiger partial charge in [-0.2, -0.15) is 4.98 Å². The van der Waals surface area contributed by atoms with Gasteiger partial charge in [0, 0.05) is 19.9 Å². The number of carbonyl (C=O) groups is 1. The molecule has 21 heavy (non-hydrogen) atoms. The van der Waals surface area contributed by atoms with Crippen LogP contribution in [0.4, 0.5) is 10.7 Å². The van der Waals surface area contributed by atoms with E-state index in [1.54, 1.807) is 0 Å². The summed E-state index contributed by atoms with van der Waals surface area (Å²) in [5.41, 5.74) is 6.39. The molecule has 0 saturated carbocycles. The Morgan fingerprint density at radius 2 is 2.33 bits per heavy atom. The lowest BCUT2D eigenvalue weighted by Crippen LogP contribution is -2.10. The van der Waals surface area contributed by atoms with Crippen molar-refractivity contribution in [1.82, 2.24) is 10.1 Å². The molecule has 0 saturated heterocycles. The van der Waals surface area contributed by atoms with Gasteiger partial charge in [-0.3, -0.25) is 4.79 Å². The predicted octanol–water partition coefficient (Wildman–Crippen LogP) is 2.36. The van der Waals surface area contributed by atoms with Crippen LogP contribution in [0.2, 0.25) is 0 Å². The molecule has 0 bridgehead atoms. The van der Waals surface area contributed by atoms with Gasteiger partial charge in [0.25, 0.3) is 0 Å². The molecule has 2 heterocycles. The van der Waals surface area contributed by atoms with Gasteiger partial charge < -0.3 is 20.3 Å². The van der Waals surface area contributed by atoms with Crippen LogP contribution < -0.4 is 15.8 Å². The highest BCUT2D eigenvalue weighted by Crippen LogP contribution is 2.43. The first-order valence-corrected chi connectivity index (χ1v) is 7.40. The van der Waals surface area contributed by atoms with Gasteiger partial charge in [-0.05, 0) is 13.8 Å². The Kier molecular flexibility index (Phi) is 4.79. The molecule has 7 nitrogen and oxygen atoms in total. The predicted molar refractivity (Wildman–Crippen MR) is 81.0 cm³/mol. The molecular formula is C13H18N4O3S. The van der Waals surface area contributed by atoms with Crippen LogP contribution in [0, 0.1) is 0 Å². The van der Waals surface area contributed by atoms with Gasteiger partial charge in [-0.1, -0.05) is 5.16 Å². The standard InChI is InChI=1S/C13H18N4O3S/c1-7(2)19-11-10(14)12(8(3)18)21-13(11)15-5-4-9-16-6-17-20-9/h6-7,15H,4-5,14H2,1-3H3. The van der Waals surface area contributed by atoms with Gasteiger partial charge in [0.15, 0.2) is 17.9 Å². The quantitative estimate of drug-likeness (QED) is 0.756. The number of Topliss-reactive ketones (excluding diaryl/α,β-unsaturated/α-hetero) is 1. The highest BCUT2D eigenvalue weighted by molar-refractivity contribution is 7.19. The van der Waals surface area contributed by atoms with Crippen molar-refractivity contribution < 1.29 is 14.1 Å². The zero-order valence-electron chi connectivity index (χ0n) is 12.2. The minimum absolute atomic E-state index is 0.0294. The Morgan fingerprint density at radius 3 is 2.90 bits per heavy atom. The van der Waals surface area contributed by atoms with Crippen LogP contribution in [-0.4, -0.2) is 28.6 Å². The summed E-state index contributed by atoms with van der Waals surface area (Å²) in [5, 5.41) is 7.49. The summed E-state index contributed by atoms with van der Waals surface area (Å²) in [4.78, 5) is 16.0. The van der Waals surface area contributed by atoms with Gasteiger partial charge in [-0.25, -0.2) is 0 Å². The second-order valence-corrected chi connectivity index (χ2v) is 5.76. The molecule has 8 heteroatoms. The molecule has 0 aliphatic rings. The maximum atomic E-state index is 11.6. The number of rotatable bonds is 7. The van der Waals surface area contributed by atoms with Crippen LogP contribution in [-0.2, 0) is 6.42 Å². The molecule has 2 rings (SSSR count). The number of anilines is 2. The normalized spacial score (nSPS) is 10.9. The number of hydrogen-bond acceptors (Lipinski definition) is 8. The van der Waals surface area contributed by atoms with Crippen LogP contribution in [0.25, 0.3) is 0 Å². The molecule has 0 fully saturated rings. The number of nitrogens with one attached hydrogen (secondary N) is 1. The van der Waals surface area contributed by atoms with Crippen LogP contribution in [0.1, 0.15) is 36.3 Å². The Labute approximate surface area is 126 Å². The fourth-order valence-electron chi connectivity index (χ4n) is 1.75. The summed E-state index contributed by atoms with van der Waals surface area (Å²) in [5.74, 6) is 1.01. The highest BCUT2D eigenvalue weighted by atomic mass is 32.1. The van der Waals surface area contributed by atoms with Crippen molar-refractivity contribution in [3.05, 3.63) is 17.1 Å². The number of ketones is 1. The molecule has 114 valence electrons. The summed E-state index contributed by atoms with van der Waals surface area (Å²) >= 11 is 1.30. The molecule has 0 amide bonds. The summed E-state index contributed by atoms with van der Waals surface area (Å²) in [7, 11) is 0. The van der Waals surface area contributed by atoms with Gasteiger partial charge >= 0.3 is 0 Å². The summed E-state index contributed by atoms with van der Waals surface area (Å²) < 4.78 is 10.6. The monoisotopic (exact) mass is 310 g/mol. The third-order valence-corrected chi connectivity index (χ3v) is 3.85. The van der Waals surface area contributed by atoms with Crippen molar-refractivity contribution in [3.8, 4) is 5.75 Å². The first kappa shape index (κ1) is 15.3. The molecular weight excluding hydrogens is 292 g/mol. The Hall–Kier alpha value is -2.09. The summed E-state index contributed by atoms with van der Waals surface area (Å²) in [6.07, 6.45) is 1.91. The van der Waals surface area contributed by atoms with Crippen LogP contribution in [0.5, 0.6) is 5.75 Å². The van der Waals surface area contributed by atoms with E-state index in [1.807, 2.05) is 13.8 Å². The van der Waals surface area contributed by atoms with Gasteiger partial charge in [0.1, 0.15) is 5.00 Å². The molecule has 0 unspecified atom stereocenters. The average molecular weight is 310 g/mol. The van der Waals surface area contributed by atoms with E-state index < -0.39 is 0 Å². The third kappa shape index (κ3) is 3.72. The number of nitrogens with two attached hydrogens (primary N) is 1. The van der Waals surface area contributed by atoms with E-state index in [9.17, 15) is 4.79 Å². The van der Waals surface area contributed by atoms with Crippen LogP contribution in [0.3, 0.4) is 0 Å². The smallest absolute Gasteiger partial charge is 0.228 e. The fraction of sp³-hybridized carbons (Fsp3) is 0.462. The number of aromatic nitrogens is 2. The molecule has 0 aliphatic heterocycles. The van der Waals surface area contributed by atoms with Crippen molar-refractivity contribution in [1.29, 1.82) is 0 Å². The number of thiophene rings is 1. The van der Waals surface area contributed by atoms with E-state index in [2.05, 4.69) is 15.5 Å². The zero-order chi connectivity index (χ0) is 15.4. The zero-order valence-corrected chi connectivity index (χ0v) is 13.0. The Bertz CT molecular complexity index is 607. The number of nitrogens with zero attached hydrogens (tertiary/aromatic N) is 2. The summed E-state index contributed by atoms with van der Waals surface area (Å²) in [6, 6.07) is 0. The molecule has 0 aromatic carbocycles. The third-order valence-electron chi connectivity index (χ3n) is 2.60. The molecule has 0 spiro atoms. The van der Waals surface area contributed by atoms with Gasteiger partial charge in [0.05, 0.1) is 16.7 Å². The van der Waals surface area contributed by atoms with Crippen molar-refractivity contribution in [2.75, 3.05) is 17.6 Å². The van der Waals surface area contributed by atoms with E-state index in [1.165, 1.54) is 24.6 Å². The average Bonchev–Trinajstić information content (AvgIpc) is 3.01. The van der Waals surface area contributed by atoms with E-state index >= 15 is 0 Å². The first-order chi connectivity index (χ1) is 9.99. The minimum atomic E-state index is -0.0731. The van der Waals surface area contributed by atoms with Crippen molar-refractivity contribution in [2.45, 2.75) is 33.3 Å². The maximum absolute atomic E-state index is 11.6. The Balaban J connectivity index is 2.12. The molecule has 0 atom stereocenters. The summed E-state index contributed by atoms with van der Waals surface area (Å²) in [6.45, 7) is 5.89. The minimum Gasteiger partial charge on any atom is -0.486 e. The lowest BCUT2D eigenvalue weighted by molar-refractivity contribution is 0.102. The van der Waals surface area contributed by atoms with E-state index in [0.29, 0.717) is 35.2 Å². The molecule has 2 aromatic rings. The van der Waals surface area contributed by atoms with Crippen LogP contribution in [0.15, 0.2) is 10.9 Å². The topological polar surface area (TPSA) is 103 Å². The van der Waals surface area contributed by atoms with Gasteiger partial charge in [0.2, 0.25) is 5.89 Å². The van der Waals surface area contributed by atoms with Crippen molar-refractivity contribution in [3.63, 3.8) is 0 Å². The second-order valence-electron chi connectivity index (χ2n) is 4.74. The van der Waals surface area contributed by atoms with Gasteiger partial charge in [-0.15, -0.1) is 11.3 Å². The number of nitrogen functional groups attached to an aromatic ring is 1. The lowest BCUT2D eigenvalue weighted by atomic mass is 10.3. The molecule has 0 aliphatic carbocycles. The highest BCUT2D eigenvalue weighted by Gasteiger charge is 2.20. The lowest BCUT2D eigenvalue weighted by Gasteiger charge is -2.12. The molecule has 3 N–H and O–H groups in total. The van der Waals surface area contributed by atoms with E-state index in [0.717, 1.165) is 5.00 Å². The maximum Gasteiger partial charge on any atom is 0.228 e. The molecule has 2 aromatic heterocycles. The van der Waals surface area contributed by atoms with Crippen LogP contribution >= 0.6 is 11.3 Å². The van der Waals surface area contributed by atoms with E-state index in [4.69, 9.17) is 15.0 Å². The van der Waals surface area contributed by atoms with E-state index in [-0.39, 0.29) is 11.9 Å². The largest absolute Gasteiger partial charge is 0.486 e. The fourth-order valence-corrected chi connectivity index (χ4v) is 2.72. The SMILES string of the molecule is CC(=O)c1sc(NCCc2ncno2)c(OC(C)C)c1N. The second kappa shape index (κ2) is 6.57. The Morgan fingerprint density at radius 1 is 1.57 bits per heavy atom. The first-order valence-electron chi connectivity index (χ1n) is 6.58.